The van der Waals surface area contributed by atoms with Gasteiger partial charge in [0.05, 0.1) is 6.54 Å². The molecule has 0 aliphatic carbocycles. The van der Waals surface area contributed by atoms with Gasteiger partial charge in [0.1, 0.15) is 5.60 Å². The quantitative estimate of drug-likeness (QED) is 0.804. The molecule has 2 N–H and O–H groups in total. The maximum atomic E-state index is 11.9. The van der Waals surface area contributed by atoms with Crippen LogP contribution in [0.15, 0.2) is 0 Å². The number of hydrogen-bond acceptors (Lipinski definition) is 4. The predicted octanol–water partition coefficient (Wildman–Crippen LogP) is 1.36. The van der Waals surface area contributed by atoms with Crippen molar-refractivity contribution in [3.63, 3.8) is 0 Å². The molecule has 1 unspecified atom stereocenters. The van der Waals surface area contributed by atoms with Gasteiger partial charge in [-0.1, -0.05) is 13.8 Å². The summed E-state index contributed by atoms with van der Waals surface area (Å²) in [6, 6.07) is 0.155. The highest BCUT2D eigenvalue weighted by Gasteiger charge is 2.29. The SMILES string of the molecule is CC(C)CNC(=O)CNC1CCN(C(=O)OC(C)(C)C)C1. The zero-order valence-electron chi connectivity index (χ0n) is 13.9. The third-order valence-corrected chi connectivity index (χ3v) is 3.10. The molecule has 21 heavy (non-hydrogen) atoms. The van der Waals surface area contributed by atoms with Crippen LogP contribution in [0.5, 0.6) is 0 Å². The van der Waals surface area contributed by atoms with Crippen molar-refractivity contribution in [2.45, 2.75) is 52.7 Å². The first-order chi connectivity index (χ1) is 9.67. The van der Waals surface area contributed by atoms with Crippen LogP contribution in [0, 0.1) is 5.92 Å². The molecule has 0 aromatic carbocycles. The van der Waals surface area contributed by atoms with Gasteiger partial charge < -0.3 is 20.3 Å². The van der Waals surface area contributed by atoms with Gasteiger partial charge in [-0.25, -0.2) is 4.79 Å². The van der Waals surface area contributed by atoms with Crippen LogP contribution in [0.25, 0.3) is 0 Å². The Morgan fingerprint density at radius 3 is 2.57 bits per heavy atom. The largest absolute Gasteiger partial charge is 0.444 e. The smallest absolute Gasteiger partial charge is 0.410 e. The van der Waals surface area contributed by atoms with E-state index in [2.05, 4.69) is 24.5 Å². The Morgan fingerprint density at radius 2 is 2.00 bits per heavy atom. The zero-order valence-corrected chi connectivity index (χ0v) is 13.9. The van der Waals surface area contributed by atoms with Crippen LogP contribution in [0.3, 0.4) is 0 Å². The first-order valence-corrected chi connectivity index (χ1v) is 7.65. The van der Waals surface area contributed by atoms with Crippen molar-refractivity contribution >= 4 is 12.0 Å². The van der Waals surface area contributed by atoms with Gasteiger partial charge in [0.15, 0.2) is 0 Å². The van der Waals surface area contributed by atoms with E-state index in [4.69, 9.17) is 4.74 Å². The lowest BCUT2D eigenvalue weighted by molar-refractivity contribution is -0.120. The van der Waals surface area contributed by atoms with Crippen LogP contribution < -0.4 is 10.6 Å². The number of carbonyl (C=O) groups excluding carboxylic acids is 2. The minimum Gasteiger partial charge on any atom is -0.444 e. The number of carbonyl (C=O) groups is 2. The average molecular weight is 299 g/mol. The van der Waals surface area contributed by atoms with Crippen molar-refractivity contribution in [3.8, 4) is 0 Å². The highest BCUT2D eigenvalue weighted by atomic mass is 16.6. The molecule has 6 nitrogen and oxygen atoms in total. The second-order valence-electron chi connectivity index (χ2n) is 6.99. The lowest BCUT2D eigenvalue weighted by Gasteiger charge is -2.24. The predicted molar refractivity (Wildman–Crippen MR) is 82.1 cm³/mol. The highest BCUT2D eigenvalue weighted by Crippen LogP contribution is 2.15. The van der Waals surface area contributed by atoms with Crippen LogP contribution in [0.4, 0.5) is 4.79 Å². The van der Waals surface area contributed by atoms with Crippen LogP contribution in [0.2, 0.25) is 0 Å². The first kappa shape index (κ1) is 17.8. The van der Waals surface area contributed by atoms with Crippen LogP contribution in [-0.2, 0) is 9.53 Å². The van der Waals surface area contributed by atoms with E-state index < -0.39 is 5.60 Å². The summed E-state index contributed by atoms with van der Waals surface area (Å²) in [6.07, 6.45) is 0.563. The van der Waals surface area contributed by atoms with E-state index in [0.717, 1.165) is 6.42 Å². The molecule has 1 saturated heterocycles. The maximum Gasteiger partial charge on any atom is 0.410 e. The topological polar surface area (TPSA) is 70.7 Å². The summed E-state index contributed by atoms with van der Waals surface area (Å²) in [5.74, 6) is 0.447. The van der Waals surface area contributed by atoms with Crippen molar-refractivity contribution in [1.82, 2.24) is 15.5 Å². The summed E-state index contributed by atoms with van der Waals surface area (Å²) in [4.78, 5) is 25.2. The fraction of sp³-hybridized carbons (Fsp3) is 0.867. The molecule has 0 saturated carbocycles. The van der Waals surface area contributed by atoms with Crippen molar-refractivity contribution < 1.29 is 14.3 Å². The van der Waals surface area contributed by atoms with Gasteiger partial charge in [-0.2, -0.15) is 0 Å². The number of ether oxygens (including phenoxy) is 1. The molecule has 122 valence electrons. The summed E-state index contributed by atoms with van der Waals surface area (Å²) in [5.41, 5.74) is -0.473. The normalized spacial score (nSPS) is 19.0. The van der Waals surface area contributed by atoms with Crippen molar-refractivity contribution in [2.24, 2.45) is 5.92 Å². The zero-order chi connectivity index (χ0) is 16.0. The summed E-state index contributed by atoms with van der Waals surface area (Å²) in [7, 11) is 0. The van der Waals surface area contributed by atoms with E-state index in [1.807, 2.05) is 20.8 Å². The molecule has 0 bridgehead atoms. The number of nitrogens with zero attached hydrogens (tertiary/aromatic N) is 1. The maximum absolute atomic E-state index is 11.9. The summed E-state index contributed by atoms with van der Waals surface area (Å²) < 4.78 is 5.34. The van der Waals surface area contributed by atoms with Gasteiger partial charge in [-0.05, 0) is 33.1 Å². The molecule has 1 aliphatic heterocycles. The molecule has 1 rings (SSSR count). The third-order valence-electron chi connectivity index (χ3n) is 3.10. The molecule has 6 heteroatoms. The van der Waals surface area contributed by atoms with Gasteiger partial charge in [0.25, 0.3) is 0 Å². The average Bonchev–Trinajstić information content (AvgIpc) is 2.80. The molecule has 0 radical (unpaired) electrons. The van der Waals surface area contributed by atoms with Crippen molar-refractivity contribution in [3.05, 3.63) is 0 Å². The molecule has 0 aromatic heterocycles. The Bertz CT molecular complexity index is 364. The Kier molecular flexibility index (Phi) is 6.45. The Balaban J connectivity index is 2.25. The molecule has 1 heterocycles. The monoisotopic (exact) mass is 299 g/mol. The molecular weight excluding hydrogens is 270 g/mol. The van der Waals surface area contributed by atoms with Crippen molar-refractivity contribution in [2.75, 3.05) is 26.2 Å². The summed E-state index contributed by atoms with van der Waals surface area (Å²) in [5, 5.41) is 6.06. The van der Waals surface area contributed by atoms with Gasteiger partial charge >= 0.3 is 6.09 Å². The highest BCUT2D eigenvalue weighted by molar-refractivity contribution is 5.78. The van der Waals surface area contributed by atoms with Gasteiger partial charge in [-0.15, -0.1) is 0 Å². The van der Waals surface area contributed by atoms with E-state index in [9.17, 15) is 9.59 Å². The summed E-state index contributed by atoms with van der Waals surface area (Å²) >= 11 is 0. The lowest BCUT2D eigenvalue weighted by atomic mass is 10.2. The fourth-order valence-corrected chi connectivity index (χ4v) is 2.04. The summed E-state index contributed by atoms with van der Waals surface area (Å²) in [6.45, 7) is 11.9. The standard InChI is InChI=1S/C15H29N3O3/c1-11(2)8-17-13(19)9-16-12-6-7-18(10-12)14(20)21-15(3,4)5/h11-12,16H,6-10H2,1-5H3,(H,17,19). The van der Waals surface area contributed by atoms with Crippen molar-refractivity contribution in [1.29, 1.82) is 0 Å². The minimum absolute atomic E-state index is 0.000539. The number of rotatable bonds is 5. The molecule has 1 atom stereocenters. The van der Waals surface area contributed by atoms with E-state index in [1.165, 1.54) is 0 Å². The molecule has 1 aliphatic rings. The Labute approximate surface area is 127 Å². The van der Waals surface area contributed by atoms with E-state index >= 15 is 0 Å². The van der Waals surface area contributed by atoms with Gasteiger partial charge in [0, 0.05) is 25.7 Å². The minimum atomic E-state index is -0.473. The van der Waals surface area contributed by atoms with E-state index in [-0.39, 0.29) is 18.0 Å². The number of hydrogen-bond donors (Lipinski definition) is 2. The second-order valence-corrected chi connectivity index (χ2v) is 6.99. The molecule has 0 aromatic rings. The molecule has 0 spiro atoms. The first-order valence-electron chi connectivity index (χ1n) is 7.65. The van der Waals surface area contributed by atoms with Crippen LogP contribution >= 0.6 is 0 Å². The number of nitrogens with one attached hydrogen (secondary N) is 2. The van der Waals surface area contributed by atoms with E-state index in [1.54, 1.807) is 4.90 Å². The van der Waals surface area contributed by atoms with Crippen LogP contribution in [0.1, 0.15) is 41.0 Å². The number of amides is 2. The Hall–Kier alpha value is -1.30. The van der Waals surface area contributed by atoms with Gasteiger partial charge in [-0.3, -0.25) is 4.79 Å². The van der Waals surface area contributed by atoms with Gasteiger partial charge in [0.2, 0.25) is 5.91 Å². The second kappa shape index (κ2) is 7.64. The third kappa shape index (κ3) is 7.32. The van der Waals surface area contributed by atoms with E-state index in [0.29, 0.717) is 32.1 Å². The number of likely N-dealkylation sites (tertiary alicyclic amines) is 1. The Morgan fingerprint density at radius 1 is 1.33 bits per heavy atom. The molecular formula is C15H29N3O3. The fourth-order valence-electron chi connectivity index (χ4n) is 2.04. The lowest BCUT2D eigenvalue weighted by Crippen LogP contribution is -2.42. The molecule has 1 fully saturated rings. The molecule has 2 amide bonds. The van der Waals surface area contributed by atoms with Crippen LogP contribution in [-0.4, -0.2) is 54.7 Å².